The molecule has 4 heteroatoms. The quantitative estimate of drug-likeness (QED) is 0.671. The number of para-hydroxylation sites is 2. The lowest BCUT2D eigenvalue weighted by atomic mass is 9.87. The van der Waals surface area contributed by atoms with Gasteiger partial charge < -0.3 is 4.74 Å². The predicted octanol–water partition coefficient (Wildman–Crippen LogP) is 4.17. The zero-order chi connectivity index (χ0) is 18.1. The molecule has 3 aromatic carbocycles. The van der Waals surface area contributed by atoms with E-state index in [0.717, 1.165) is 5.69 Å². The molecule has 0 fully saturated rings. The highest BCUT2D eigenvalue weighted by atomic mass is 16.6. The van der Waals surface area contributed by atoms with Gasteiger partial charge in [0.25, 0.3) is 5.91 Å². The number of rotatable bonds is 3. The van der Waals surface area contributed by atoms with E-state index in [1.807, 2.05) is 84.9 Å². The van der Waals surface area contributed by atoms with E-state index in [0.29, 0.717) is 16.8 Å². The van der Waals surface area contributed by atoms with Crippen LogP contribution in [-0.4, -0.2) is 11.9 Å². The largest absolute Gasteiger partial charge is 0.439 e. The normalized spacial score (nSPS) is 18.5. The van der Waals surface area contributed by atoms with Crippen LogP contribution in [0.4, 0.5) is 11.4 Å². The van der Waals surface area contributed by atoms with Crippen LogP contribution >= 0.6 is 0 Å². The van der Waals surface area contributed by atoms with Crippen LogP contribution in [0.5, 0.6) is 0 Å². The number of nitrogens with zero attached hydrogens (tertiary/aromatic N) is 1. The minimum Gasteiger partial charge on any atom is -0.439 e. The van der Waals surface area contributed by atoms with Crippen LogP contribution in [0.3, 0.4) is 0 Å². The second kappa shape index (κ2) is 6.15. The average Bonchev–Trinajstić information content (AvgIpc) is 2.92. The van der Waals surface area contributed by atoms with Crippen molar-refractivity contribution >= 4 is 23.3 Å². The van der Waals surface area contributed by atoms with Crippen LogP contribution in [0.25, 0.3) is 0 Å². The first-order chi connectivity index (χ1) is 12.6. The number of hydrogen-bond donors (Lipinski definition) is 0. The summed E-state index contributed by atoms with van der Waals surface area (Å²) in [6.45, 7) is 1.33. The second-order valence-corrected chi connectivity index (χ2v) is 6.13. The number of fused-ring (bicyclic) bond motifs is 1. The van der Waals surface area contributed by atoms with Crippen molar-refractivity contribution in [1.82, 2.24) is 0 Å². The zero-order valence-electron chi connectivity index (χ0n) is 14.3. The fourth-order valence-electron chi connectivity index (χ4n) is 3.51. The molecule has 0 N–H and O–H groups in total. The number of esters is 1. The number of hydrogen-bond acceptors (Lipinski definition) is 3. The SMILES string of the molecule is CC(=O)OC1(c2ccccc2)C(=O)N(c2ccccc2)c2ccccc21. The first-order valence-electron chi connectivity index (χ1n) is 8.39. The van der Waals surface area contributed by atoms with Crippen molar-refractivity contribution < 1.29 is 14.3 Å². The third kappa shape index (κ3) is 2.30. The van der Waals surface area contributed by atoms with Gasteiger partial charge in [-0.25, -0.2) is 0 Å². The molecule has 3 aromatic rings. The summed E-state index contributed by atoms with van der Waals surface area (Å²) in [5.41, 5.74) is 1.25. The number of amides is 1. The van der Waals surface area contributed by atoms with Gasteiger partial charge in [0.05, 0.1) is 5.69 Å². The molecule has 1 atom stereocenters. The first-order valence-corrected chi connectivity index (χ1v) is 8.39. The number of ether oxygens (including phenoxy) is 1. The van der Waals surface area contributed by atoms with E-state index in [9.17, 15) is 9.59 Å². The zero-order valence-corrected chi connectivity index (χ0v) is 14.3. The molecule has 0 bridgehead atoms. The highest BCUT2D eigenvalue weighted by molar-refractivity contribution is 6.14. The van der Waals surface area contributed by atoms with E-state index in [2.05, 4.69) is 0 Å². The molecule has 1 unspecified atom stereocenters. The molecule has 1 aliphatic rings. The summed E-state index contributed by atoms with van der Waals surface area (Å²) in [7, 11) is 0. The van der Waals surface area contributed by atoms with E-state index >= 15 is 0 Å². The molecule has 128 valence electrons. The maximum Gasteiger partial charge on any atom is 0.304 e. The lowest BCUT2D eigenvalue weighted by Gasteiger charge is -2.28. The van der Waals surface area contributed by atoms with E-state index in [1.54, 1.807) is 4.90 Å². The summed E-state index contributed by atoms with van der Waals surface area (Å²) in [4.78, 5) is 27.3. The van der Waals surface area contributed by atoms with Crippen LogP contribution in [-0.2, 0) is 19.9 Å². The summed E-state index contributed by atoms with van der Waals surface area (Å²) in [5, 5.41) is 0. The molecule has 1 heterocycles. The van der Waals surface area contributed by atoms with Crippen LogP contribution < -0.4 is 4.90 Å². The Morgan fingerprint density at radius 2 is 1.42 bits per heavy atom. The molecule has 0 spiro atoms. The Balaban J connectivity index is 2.01. The van der Waals surface area contributed by atoms with Gasteiger partial charge in [0, 0.05) is 23.7 Å². The third-order valence-corrected chi connectivity index (χ3v) is 4.52. The molecular formula is C22H17NO3. The van der Waals surface area contributed by atoms with Crippen molar-refractivity contribution in [3.05, 3.63) is 96.1 Å². The van der Waals surface area contributed by atoms with Crippen LogP contribution in [0.15, 0.2) is 84.9 Å². The average molecular weight is 343 g/mol. The Labute approximate surface area is 151 Å². The molecular weight excluding hydrogens is 326 g/mol. The van der Waals surface area contributed by atoms with Crippen molar-refractivity contribution in [2.75, 3.05) is 4.90 Å². The van der Waals surface area contributed by atoms with Crippen molar-refractivity contribution in [2.24, 2.45) is 0 Å². The van der Waals surface area contributed by atoms with Gasteiger partial charge in [-0.05, 0) is 18.2 Å². The van der Waals surface area contributed by atoms with Crippen molar-refractivity contribution in [3.63, 3.8) is 0 Å². The fraction of sp³-hybridized carbons (Fsp3) is 0.0909. The third-order valence-electron chi connectivity index (χ3n) is 4.52. The molecule has 4 rings (SSSR count). The van der Waals surface area contributed by atoms with E-state index in [4.69, 9.17) is 4.74 Å². The summed E-state index contributed by atoms with van der Waals surface area (Å²) in [6.07, 6.45) is 0. The summed E-state index contributed by atoms with van der Waals surface area (Å²) in [5.74, 6) is -0.807. The molecule has 0 saturated carbocycles. The summed E-state index contributed by atoms with van der Waals surface area (Å²) >= 11 is 0. The molecule has 0 aromatic heterocycles. The molecule has 1 aliphatic heterocycles. The highest BCUT2D eigenvalue weighted by Gasteiger charge is 2.55. The van der Waals surface area contributed by atoms with E-state index in [-0.39, 0.29) is 5.91 Å². The molecule has 26 heavy (non-hydrogen) atoms. The van der Waals surface area contributed by atoms with Gasteiger partial charge in [0.1, 0.15) is 0 Å². The van der Waals surface area contributed by atoms with Gasteiger partial charge in [0.2, 0.25) is 5.60 Å². The fourth-order valence-corrected chi connectivity index (χ4v) is 3.51. The number of carbonyl (C=O) groups is 2. The molecule has 0 radical (unpaired) electrons. The van der Waals surface area contributed by atoms with Gasteiger partial charge in [-0.3, -0.25) is 14.5 Å². The monoisotopic (exact) mass is 343 g/mol. The Morgan fingerprint density at radius 3 is 2.08 bits per heavy atom. The highest BCUT2D eigenvalue weighted by Crippen LogP contribution is 2.49. The van der Waals surface area contributed by atoms with E-state index < -0.39 is 11.6 Å². The minimum atomic E-state index is -1.49. The summed E-state index contributed by atoms with van der Waals surface area (Å²) < 4.78 is 5.75. The lowest BCUT2D eigenvalue weighted by Crippen LogP contribution is -2.42. The summed E-state index contributed by atoms with van der Waals surface area (Å²) in [6, 6.07) is 26.0. The van der Waals surface area contributed by atoms with Gasteiger partial charge in [-0.2, -0.15) is 0 Å². The van der Waals surface area contributed by atoms with Crippen LogP contribution in [0, 0.1) is 0 Å². The van der Waals surface area contributed by atoms with Crippen LogP contribution in [0.2, 0.25) is 0 Å². The maximum absolute atomic E-state index is 13.7. The minimum absolute atomic E-state index is 0.300. The van der Waals surface area contributed by atoms with Gasteiger partial charge >= 0.3 is 5.97 Å². The van der Waals surface area contributed by atoms with Gasteiger partial charge in [-0.15, -0.1) is 0 Å². The molecule has 0 aliphatic carbocycles. The van der Waals surface area contributed by atoms with Crippen LogP contribution in [0.1, 0.15) is 18.1 Å². The number of carbonyl (C=O) groups excluding carboxylic acids is 2. The van der Waals surface area contributed by atoms with Gasteiger partial charge in [0.15, 0.2) is 0 Å². The first kappa shape index (κ1) is 16.1. The predicted molar refractivity (Wildman–Crippen MR) is 99.0 cm³/mol. The smallest absolute Gasteiger partial charge is 0.304 e. The Bertz CT molecular complexity index is 969. The lowest BCUT2D eigenvalue weighted by molar-refractivity contribution is -0.160. The van der Waals surface area contributed by atoms with Crippen molar-refractivity contribution in [3.8, 4) is 0 Å². The molecule has 1 amide bonds. The Hall–Kier alpha value is -3.40. The Kier molecular flexibility index (Phi) is 3.81. The molecule has 0 saturated heterocycles. The van der Waals surface area contributed by atoms with Crippen molar-refractivity contribution in [1.29, 1.82) is 0 Å². The standard InChI is InChI=1S/C22H17NO3/c1-16(24)26-22(17-10-4-2-5-11-17)19-14-8-9-15-20(19)23(21(22)25)18-12-6-3-7-13-18/h2-15H,1H3. The second-order valence-electron chi connectivity index (χ2n) is 6.13. The van der Waals surface area contributed by atoms with Crippen molar-refractivity contribution in [2.45, 2.75) is 12.5 Å². The van der Waals surface area contributed by atoms with E-state index in [1.165, 1.54) is 6.92 Å². The number of benzene rings is 3. The molecule has 4 nitrogen and oxygen atoms in total. The topological polar surface area (TPSA) is 46.6 Å². The van der Waals surface area contributed by atoms with Gasteiger partial charge in [-0.1, -0.05) is 66.7 Å². The maximum atomic E-state index is 13.7. The Morgan fingerprint density at radius 1 is 0.846 bits per heavy atom. The number of anilines is 2.